The number of carbonyl (C=O) groups excluding carboxylic acids is 1. The largest absolute Gasteiger partial charge is 0.463 e. The average Bonchev–Trinajstić information content (AvgIpc) is 3.02. The highest BCUT2D eigenvalue weighted by atomic mass is 16.5. The monoisotopic (exact) mass is 315 g/mol. The summed E-state index contributed by atoms with van der Waals surface area (Å²) in [5, 5.41) is 14.7. The minimum atomic E-state index is -1.49. The van der Waals surface area contributed by atoms with E-state index in [2.05, 4.69) is 5.32 Å². The van der Waals surface area contributed by atoms with Gasteiger partial charge in [-0.25, -0.2) is 4.79 Å². The fourth-order valence-electron chi connectivity index (χ4n) is 4.63. The highest BCUT2D eigenvalue weighted by Gasteiger charge is 2.54. The van der Waals surface area contributed by atoms with Gasteiger partial charge in [0, 0.05) is 11.8 Å². The molecule has 1 aliphatic heterocycles. The Bertz CT molecular complexity index is 559. The first-order chi connectivity index (χ1) is 11.2. The van der Waals surface area contributed by atoms with Gasteiger partial charge in [-0.15, -0.1) is 0 Å². The molecule has 2 saturated carbocycles. The predicted octanol–water partition coefficient (Wildman–Crippen LogP) is 2.07. The number of aliphatic hydroxyl groups is 1. The molecule has 3 fully saturated rings. The lowest BCUT2D eigenvalue weighted by atomic mass is 9.80. The summed E-state index contributed by atoms with van der Waals surface area (Å²) in [6.07, 6.45) is 3.93. The molecule has 124 valence electrons. The van der Waals surface area contributed by atoms with Crippen molar-refractivity contribution in [3.8, 4) is 0 Å². The van der Waals surface area contributed by atoms with Crippen molar-refractivity contribution >= 4 is 5.97 Å². The van der Waals surface area contributed by atoms with E-state index >= 15 is 0 Å². The van der Waals surface area contributed by atoms with Crippen LogP contribution in [0.1, 0.15) is 31.2 Å². The summed E-state index contributed by atoms with van der Waals surface area (Å²) in [6.45, 7) is 2.54. The second-order valence-corrected chi connectivity index (χ2v) is 7.36. The van der Waals surface area contributed by atoms with Crippen LogP contribution in [0.4, 0.5) is 0 Å². The van der Waals surface area contributed by atoms with Crippen LogP contribution < -0.4 is 5.32 Å². The number of ether oxygens (including phenoxy) is 1. The summed E-state index contributed by atoms with van der Waals surface area (Å²) in [5.74, 6) is 1.34. The van der Waals surface area contributed by atoms with Gasteiger partial charge in [-0.2, -0.15) is 0 Å². The molecule has 0 bridgehead atoms. The topological polar surface area (TPSA) is 58.6 Å². The van der Waals surface area contributed by atoms with E-state index in [0.717, 1.165) is 38.8 Å². The van der Waals surface area contributed by atoms with E-state index in [4.69, 9.17) is 4.74 Å². The van der Waals surface area contributed by atoms with Crippen molar-refractivity contribution in [1.82, 2.24) is 5.32 Å². The number of hydrogen-bond acceptors (Lipinski definition) is 4. The maximum atomic E-state index is 12.8. The van der Waals surface area contributed by atoms with Crippen molar-refractivity contribution in [3.05, 3.63) is 35.9 Å². The highest BCUT2D eigenvalue weighted by molar-refractivity contribution is 5.81. The Hall–Kier alpha value is -1.39. The molecule has 0 spiro atoms. The normalized spacial score (nSPS) is 32.3. The van der Waals surface area contributed by atoms with E-state index in [-0.39, 0.29) is 5.92 Å². The van der Waals surface area contributed by atoms with Crippen LogP contribution in [0.3, 0.4) is 0 Å². The van der Waals surface area contributed by atoms with E-state index in [1.54, 1.807) is 0 Å². The lowest BCUT2D eigenvalue weighted by Gasteiger charge is -2.32. The Morgan fingerprint density at radius 1 is 1.17 bits per heavy atom. The van der Waals surface area contributed by atoms with Crippen molar-refractivity contribution in [3.63, 3.8) is 0 Å². The van der Waals surface area contributed by atoms with Crippen molar-refractivity contribution < 1.29 is 14.6 Å². The molecule has 1 saturated heterocycles. The Kier molecular flexibility index (Phi) is 3.90. The maximum absolute atomic E-state index is 12.8. The van der Waals surface area contributed by atoms with Crippen LogP contribution >= 0.6 is 0 Å². The molecule has 0 radical (unpaired) electrons. The number of piperidine rings is 1. The van der Waals surface area contributed by atoms with Gasteiger partial charge in [-0.3, -0.25) is 0 Å². The third-order valence-electron chi connectivity index (χ3n) is 6.15. The van der Waals surface area contributed by atoms with Crippen LogP contribution in [0, 0.1) is 23.7 Å². The Morgan fingerprint density at radius 2 is 1.83 bits per heavy atom. The van der Waals surface area contributed by atoms with Crippen LogP contribution in [-0.2, 0) is 15.1 Å². The lowest BCUT2D eigenvalue weighted by Crippen LogP contribution is -2.43. The van der Waals surface area contributed by atoms with Gasteiger partial charge >= 0.3 is 5.97 Å². The summed E-state index contributed by atoms with van der Waals surface area (Å²) >= 11 is 0. The zero-order chi connectivity index (χ0) is 15.9. The molecule has 3 aliphatic rings. The second kappa shape index (κ2) is 5.91. The first-order valence-corrected chi connectivity index (χ1v) is 8.87. The number of fused-ring (bicyclic) bond motifs is 1. The van der Waals surface area contributed by atoms with Gasteiger partial charge in [0.2, 0.25) is 0 Å². The molecule has 2 N–H and O–H groups in total. The molecule has 1 heterocycles. The molecule has 23 heavy (non-hydrogen) atoms. The molecular formula is C19H25NO3. The van der Waals surface area contributed by atoms with Gasteiger partial charge in [0.1, 0.15) is 0 Å². The van der Waals surface area contributed by atoms with Crippen molar-refractivity contribution in [2.24, 2.45) is 23.7 Å². The molecule has 1 aromatic carbocycles. The second-order valence-electron chi connectivity index (χ2n) is 7.36. The van der Waals surface area contributed by atoms with Crippen molar-refractivity contribution in [2.45, 2.75) is 31.3 Å². The first kappa shape index (κ1) is 15.2. The molecule has 0 aromatic heterocycles. The van der Waals surface area contributed by atoms with E-state index in [0.29, 0.717) is 29.9 Å². The molecule has 4 heteroatoms. The Morgan fingerprint density at radius 3 is 2.48 bits per heavy atom. The fourth-order valence-corrected chi connectivity index (χ4v) is 4.63. The minimum Gasteiger partial charge on any atom is -0.463 e. The summed E-state index contributed by atoms with van der Waals surface area (Å²) in [4.78, 5) is 12.8. The number of hydrogen-bond donors (Lipinski definition) is 2. The zero-order valence-corrected chi connectivity index (χ0v) is 13.4. The quantitative estimate of drug-likeness (QED) is 0.817. The zero-order valence-electron chi connectivity index (χ0n) is 13.4. The van der Waals surface area contributed by atoms with Gasteiger partial charge in [-0.1, -0.05) is 43.2 Å². The number of rotatable bonds is 5. The van der Waals surface area contributed by atoms with Gasteiger partial charge < -0.3 is 15.2 Å². The fraction of sp³-hybridized carbons (Fsp3) is 0.632. The van der Waals surface area contributed by atoms with E-state index < -0.39 is 11.6 Å². The Labute approximate surface area is 137 Å². The van der Waals surface area contributed by atoms with E-state index in [1.165, 1.54) is 0 Å². The summed E-state index contributed by atoms with van der Waals surface area (Å²) in [5.41, 5.74) is -0.811. The summed E-state index contributed by atoms with van der Waals surface area (Å²) in [7, 11) is 0. The standard InChI is InChI=1S/C19H25NO3/c21-18(23-12-17-15-10-20-11-16(15)17)19(22,14-8-4-5-9-14)13-6-2-1-3-7-13/h1-3,6-7,14-17,20,22H,4-5,8-12H2/t15-,16?,17+,19+/m0/s1. The van der Waals surface area contributed by atoms with Crippen LogP contribution in [0.2, 0.25) is 0 Å². The van der Waals surface area contributed by atoms with Crippen LogP contribution in [0.15, 0.2) is 30.3 Å². The summed E-state index contributed by atoms with van der Waals surface area (Å²) in [6, 6.07) is 9.34. The maximum Gasteiger partial charge on any atom is 0.343 e. The predicted molar refractivity (Wildman–Crippen MR) is 86.6 cm³/mol. The SMILES string of the molecule is O=C(OC[C@H]1C2CNC[C@@H]21)[C@@](O)(c1ccccc1)C1CCCC1. The molecule has 0 amide bonds. The third kappa shape index (κ3) is 2.58. The minimum absolute atomic E-state index is 0.0298. The molecule has 4 atom stereocenters. The molecular weight excluding hydrogens is 290 g/mol. The number of carbonyl (C=O) groups is 1. The molecule has 4 rings (SSSR count). The number of benzene rings is 1. The van der Waals surface area contributed by atoms with Crippen LogP contribution in [0.25, 0.3) is 0 Å². The van der Waals surface area contributed by atoms with Crippen molar-refractivity contribution in [2.75, 3.05) is 19.7 Å². The average molecular weight is 315 g/mol. The first-order valence-electron chi connectivity index (χ1n) is 8.87. The molecule has 1 unspecified atom stereocenters. The number of nitrogens with one attached hydrogen (secondary N) is 1. The smallest absolute Gasteiger partial charge is 0.343 e. The molecule has 1 aromatic rings. The van der Waals surface area contributed by atoms with Gasteiger partial charge in [-0.05, 0) is 43.3 Å². The molecule has 2 aliphatic carbocycles. The van der Waals surface area contributed by atoms with Crippen molar-refractivity contribution in [1.29, 1.82) is 0 Å². The Balaban J connectivity index is 1.49. The summed E-state index contributed by atoms with van der Waals surface area (Å²) < 4.78 is 5.62. The highest BCUT2D eigenvalue weighted by Crippen LogP contribution is 2.49. The molecule has 4 nitrogen and oxygen atoms in total. The number of esters is 1. The van der Waals surface area contributed by atoms with Gasteiger partial charge in [0.25, 0.3) is 0 Å². The van der Waals surface area contributed by atoms with Crippen LogP contribution in [0.5, 0.6) is 0 Å². The van der Waals surface area contributed by atoms with Gasteiger partial charge in [0.05, 0.1) is 6.61 Å². The van der Waals surface area contributed by atoms with Crippen LogP contribution in [-0.4, -0.2) is 30.8 Å². The lowest BCUT2D eigenvalue weighted by molar-refractivity contribution is -0.174. The van der Waals surface area contributed by atoms with E-state index in [9.17, 15) is 9.90 Å². The van der Waals surface area contributed by atoms with Gasteiger partial charge in [0.15, 0.2) is 5.60 Å². The van der Waals surface area contributed by atoms with E-state index in [1.807, 2.05) is 30.3 Å². The third-order valence-corrected chi connectivity index (χ3v) is 6.15.